The van der Waals surface area contributed by atoms with Crippen molar-refractivity contribution < 1.29 is 9.59 Å². The van der Waals surface area contributed by atoms with E-state index in [1.165, 1.54) is 0 Å². The Kier molecular flexibility index (Phi) is 2.42. The minimum Gasteiger partial charge on any atom is -0.335 e. The van der Waals surface area contributed by atoms with E-state index >= 15 is 0 Å². The van der Waals surface area contributed by atoms with Crippen LogP contribution in [0.4, 0.5) is 5.69 Å². The Balaban J connectivity index is 1.96. The molecular formula is C17H14N2O2. The number of carbonyl (C=O) groups excluding carboxylic acids is 2. The average Bonchev–Trinajstić information content (AvgIpc) is 2.95. The Morgan fingerprint density at radius 3 is 2.71 bits per heavy atom. The smallest absolute Gasteiger partial charge is 0.256 e. The van der Waals surface area contributed by atoms with E-state index in [1.54, 1.807) is 11.9 Å². The van der Waals surface area contributed by atoms with Crippen LogP contribution in [0, 0.1) is 5.92 Å². The summed E-state index contributed by atoms with van der Waals surface area (Å²) in [7, 11) is 1.79. The molecule has 0 spiro atoms. The van der Waals surface area contributed by atoms with Gasteiger partial charge in [0, 0.05) is 29.8 Å². The van der Waals surface area contributed by atoms with Gasteiger partial charge < -0.3 is 10.2 Å². The number of carbonyl (C=O) groups is 2. The lowest BCUT2D eigenvalue weighted by atomic mass is 9.87. The first kappa shape index (κ1) is 12.1. The summed E-state index contributed by atoms with van der Waals surface area (Å²) in [6.07, 6.45) is 7.89. The third kappa shape index (κ3) is 1.56. The van der Waals surface area contributed by atoms with Crippen molar-refractivity contribution in [1.29, 1.82) is 0 Å². The molecule has 0 radical (unpaired) electrons. The second kappa shape index (κ2) is 4.19. The molecule has 0 aromatic heterocycles. The second-order valence-corrected chi connectivity index (χ2v) is 5.49. The molecule has 2 atom stereocenters. The summed E-state index contributed by atoms with van der Waals surface area (Å²) < 4.78 is 0. The zero-order chi connectivity index (χ0) is 14.6. The van der Waals surface area contributed by atoms with Gasteiger partial charge in [0.1, 0.15) is 0 Å². The van der Waals surface area contributed by atoms with Gasteiger partial charge in [-0.2, -0.15) is 0 Å². The Bertz CT molecular complexity index is 758. The topological polar surface area (TPSA) is 49.4 Å². The number of para-hydroxylation sites is 1. The third-order valence-corrected chi connectivity index (χ3v) is 4.38. The highest BCUT2D eigenvalue weighted by atomic mass is 16.2. The van der Waals surface area contributed by atoms with E-state index in [-0.39, 0.29) is 23.8 Å². The van der Waals surface area contributed by atoms with Crippen LogP contribution in [0.25, 0.3) is 5.57 Å². The summed E-state index contributed by atoms with van der Waals surface area (Å²) in [6, 6.07) is 7.51. The van der Waals surface area contributed by atoms with Crippen LogP contribution < -0.4 is 5.32 Å². The van der Waals surface area contributed by atoms with Crippen molar-refractivity contribution in [1.82, 2.24) is 4.90 Å². The van der Waals surface area contributed by atoms with Crippen molar-refractivity contribution in [2.24, 2.45) is 5.92 Å². The number of nitrogens with one attached hydrogen (secondary N) is 1. The number of hydrogen-bond donors (Lipinski definition) is 1. The molecule has 3 aliphatic rings. The highest BCUT2D eigenvalue weighted by Gasteiger charge is 2.44. The Morgan fingerprint density at radius 1 is 1.10 bits per heavy atom. The number of amides is 2. The lowest BCUT2D eigenvalue weighted by Crippen LogP contribution is -2.29. The minimum absolute atomic E-state index is 0.00515. The van der Waals surface area contributed by atoms with Crippen molar-refractivity contribution in [3.63, 3.8) is 0 Å². The molecule has 2 heterocycles. The molecule has 1 aliphatic carbocycles. The van der Waals surface area contributed by atoms with Crippen LogP contribution in [0.3, 0.4) is 0 Å². The van der Waals surface area contributed by atoms with Crippen LogP contribution in [0.2, 0.25) is 0 Å². The van der Waals surface area contributed by atoms with Gasteiger partial charge in [-0.25, -0.2) is 0 Å². The van der Waals surface area contributed by atoms with Gasteiger partial charge in [0.15, 0.2) is 0 Å². The first-order valence-electron chi connectivity index (χ1n) is 6.95. The fourth-order valence-electron chi connectivity index (χ4n) is 3.36. The summed E-state index contributed by atoms with van der Waals surface area (Å²) in [6.45, 7) is 0. The maximum Gasteiger partial charge on any atom is 0.256 e. The summed E-state index contributed by atoms with van der Waals surface area (Å²) >= 11 is 0. The quantitative estimate of drug-likeness (QED) is 0.738. The molecule has 4 nitrogen and oxygen atoms in total. The van der Waals surface area contributed by atoms with Gasteiger partial charge in [-0.1, -0.05) is 42.5 Å². The molecule has 2 unspecified atom stereocenters. The molecule has 2 aliphatic heterocycles. The van der Waals surface area contributed by atoms with Crippen molar-refractivity contribution in [3.8, 4) is 0 Å². The molecule has 1 fully saturated rings. The van der Waals surface area contributed by atoms with E-state index in [0.717, 1.165) is 11.3 Å². The van der Waals surface area contributed by atoms with E-state index in [0.29, 0.717) is 11.1 Å². The molecule has 1 saturated heterocycles. The van der Waals surface area contributed by atoms with E-state index in [9.17, 15) is 9.59 Å². The standard InChI is InChI=1S/C17H14N2O2/c1-19-13-9-5-3-7-11(13)15(17(19)21)14-10-6-2-4-8-12(10)18-16(14)20/h2-9,11,13H,1H3,(H,18,20)/b15-14+. The monoisotopic (exact) mass is 278 g/mol. The molecular weight excluding hydrogens is 264 g/mol. The molecule has 4 heteroatoms. The number of likely N-dealkylation sites (tertiary alicyclic amines) is 1. The largest absolute Gasteiger partial charge is 0.335 e. The number of rotatable bonds is 0. The fraction of sp³-hybridized carbons (Fsp3) is 0.176. The van der Waals surface area contributed by atoms with Gasteiger partial charge in [-0.05, 0) is 6.07 Å². The first-order chi connectivity index (χ1) is 10.2. The summed E-state index contributed by atoms with van der Waals surface area (Å²) in [4.78, 5) is 26.7. The molecule has 21 heavy (non-hydrogen) atoms. The molecule has 1 aromatic rings. The number of benzene rings is 1. The van der Waals surface area contributed by atoms with Gasteiger partial charge in [0.2, 0.25) is 0 Å². The SMILES string of the molecule is CN1C(=O)/C(=C2/C(=O)Nc3ccccc32)C2C=CC=CC21. The lowest BCUT2D eigenvalue weighted by Gasteiger charge is -2.20. The fourth-order valence-corrected chi connectivity index (χ4v) is 3.36. The number of likely N-dealkylation sites (N-methyl/N-ethyl adjacent to an activating group) is 1. The molecule has 1 N–H and O–H groups in total. The second-order valence-electron chi connectivity index (χ2n) is 5.49. The number of allylic oxidation sites excluding steroid dienone is 2. The normalized spacial score (nSPS) is 29.7. The maximum absolute atomic E-state index is 12.6. The van der Waals surface area contributed by atoms with Crippen LogP contribution in [0.15, 0.2) is 54.1 Å². The predicted octanol–water partition coefficient (Wildman–Crippen LogP) is 1.98. The summed E-state index contributed by atoms with van der Waals surface area (Å²) in [5.74, 6) is -0.306. The van der Waals surface area contributed by atoms with Crippen LogP contribution in [-0.4, -0.2) is 29.8 Å². The number of anilines is 1. The van der Waals surface area contributed by atoms with Crippen molar-refractivity contribution in [3.05, 3.63) is 59.7 Å². The van der Waals surface area contributed by atoms with Gasteiger partial charge in [0.25, 0.3) is 11.8 Å². The maximum atomic E-state index is 12.6. The van der Waals surface area contributed by atoms with Gasteiger partial charge >= 0.3 is 0 Å². The summed E-state index contributed by atoms with van der Waals surface area (Å²) in [5, 5.41) is 2.85. The first-order valence-corrected chi connectivity index (χ1v) is 6.95. The molecule has 1 aromatic carbocycles. The van der Waals surface area contributed by atoms with Crippen molar-refractivity contribution in [2.45, 2.75) is 6.04 Å². The molecule has 2 amide bonds. The molecule has 104 valence electrons. The van der Waals surface area contributed by atoms with Crippen LogP contribution in [0.5, 0.6) is 0 Å². The third-order valence-electron chi connectivity index (χ3n) is 4.38. The van der Waals surface area contributed by atoms with Crippen LogP contribution in [0.1, 0.15) is 5.56 Å². The van der Waals surface area contributed by atoms with E-state index in [1.807, 2.05) is 48.6 Å². The Labute approximate surface area is 122 Å². The van der Waals surface area contributed by atoms with Crippen molar-refractivity contribution >= 4 is 23.1 Å². The van der Waals surface area contributed by atoms with Gasteiger partial charge in [-0.3, -0.25) is 9.59 Å². The van der Waals surface area contributed by atoms with Crippen molar-refractivity contribution in [2.75, 3.05) is 12.4 Å². The molecule has 0 saturated carbocycles. The predicted molar refractivity (Wildman–Crippen MR) is 80.3 cm³/mol. The zero-order valence-corrected chi connectivity index (χ0v) is 11.5. The van der Waals surface area contributed by atoms with Crippen LogP contribution >= 0.6 is 0 Å². The summed E-state index contributed by atoms with van der Waals surface area (Å²) in [5.41, 5.74) is 2.72. The number of fused-ring (bicyclic) bond motifs is 2. The van der Waals surface area contributed by atoms with Gasteiger partial charge in [-0.15, -0.1) is 0 Å². The Morgan fingerprint density at radius 2 is 1.86 bits per heavy atom. The highest BCUT2D eigenvalue weighted by Crippen LogP contribution is 2.42. The molecule has 0 bridgehead atoms. The number of nitrogens with zero attached hydrogens (tertiary/aromatic N) is 1. The lowest BCUT2D eigenvalue weighted by molar-refractivity contribution is -0.124. The van der Waals surface area contributed by atoms with E-state index < -0.39 is 0 Å². The Hall–Kier alpha value is -2.62. The van der Waals surface area contributed by atoms with Gasteiger partial charge in [0.05, 0.1) is 11.6 Å². The number of hydrogen-bond acceptors (Lipinski definition) is 2. The zero-order valence-electron chi connectivity index (χ0n) is 11.5. The highest BCUT2D eigenvalue weighted by molar-refractivity contribution is 6.35. The minimum atomic E-state index is -0.184. The molecule has 4 rings (SSSR count). The van der Waals surface area contributed by atoms with E-state index in [2.05, 4.69) is 5.32 Å². The van der Waals surface area contributed by atoms with Crippen LogP contribution in [-0.2, 0) is 9.59 Å². The average molecular weight is 278 g/mol. The van der Waals surface area contributed by atoms with E-state index in [4.69, 9.17) is 0 Å².